The van der Waals surface area contributed by atoms with Gasteiger partial charge in [-0.25, -0.2) is 4.79 Å². The fourth-order valence-electron chi connectivity index (χ4n) is 4.02. The Morgan fingerprint density at radius 2 is 2.16 bits per heavy atom. The van der Waals surface area contributed by atoms with Crippen molar-refractivity contribution in [3.8, 4) is 0 Å². The van der Waals surface area contributed by atoms with Crippen LogP contribution in [0.5, 0.6) is 0 Å². The highest BCUT2D eigenvalue weighted by atomic mass is 16.5. The van der Waals surface area contributed by atoms with Crippen molar-refractivity contribution in [2.45, 2.75) is 44.9 Å². The summed E-state index contributed by atoms with van der Waals surface area (Å²) >= 11 is 0. The molecule has 1 saturated heterocycles. The summed E-state index contributed by atoms with van der Waals surface area (Å²) in [6.07, 6.45) is 5.22. The lowest BCUT2D eigenvalue weighted by Crippen LogP contribution is -2.21. The zero-order chi connectivity index (χ0) is 17.2. The van der Waals surface area contributed by atoms with Gasteiger partial charge >= 0.3 is 5.97 Å². The molecule has 0 unspecified atom stereocenters. The highest BCUT2D eigenvalue weighted by Crippen LogP contribution is 2.31. The molecule has 0 saturated carbocycles. The Morgan fingerprint density at radius 3 is 3.00 bits per heavy atom. The van der Waals surface area contributed by atoms with Crippen molar-refractivity contribution in [3.05, 3.63) is 47.0 Å². The number of hydrogen-bond donors (Lipinski definition) is 0. The van der Waals surface area contributed by atoms with Crippen LogP contribution in [0, 0.1) is 0 Å². The molecule has 0 aromatic heterocycles. The lowest BCUT2D eigenvalue weighted by molar-refractivity contribution is 0.0463. The third-order valence-electron chi connectivity index (χ3n) is 5.33. The van der Waals surface area contributed by atoms with E-state index in [1.165, 1.54) is 23.8 Å². The summed E-state index contributed by atoms with van der Waals surface area (Å²) < 4.78 is 11.0. The van der Waals surface area contributed by atoms with Gasteiger partial charge in [-0.15, -0.1) is 0 Å². The Kier molecular flexibility index (Phi) is 4.73. The molecule has 2 aliphatic heterocycles. The van der Waals surface area contributed by atoms with Gasteiger partial charge in [0.25, 0.3) is 0 Å². The maximum Gasteiger partial charge on any atom is 0.339 e. The SMILES string of the molecule is CN(CCC[C@H]1CCCO1)Cc1ccc2c3c(cccc13)C(=O)OC2. The Morgan fingerprint density at radius 1 is 1.24 bits per heavy atom. The van der Waals surface area contributed by atoms with Gasteiger partial charge < -0.3 is 14.4 Å². The highest BCUT2D eigenvalue weighted by Gasteiger charge is 2.21. The van der Waals surface area contributed by atoms with E-state index in [1.54, 1.807) is 0 Å². The van der Waals surface area contributed by atoms with E-state index in [9.17, 15) is 4.79 Å². The summed E-state index contributed by atoms with van der Waals surface area (Å²) in [5.41, 5.74) is 3.08. The Bertz CT molecular complexity index is 780. The molecule has 0 aliphatic carbocycles. The van der Waals surface area contributed by atoms with Crippen LogP contribution in [0.25, 0.3) is 10.8 Å². The van der Waals surface area contributed by atoms with Crippen molar-refractivity contribution in [3.63, 3.8) is 0 Å². The summed E-state index contributed by atoms with van der Waals surface area (Å²) in [6.45, 7) is 3.26. The molecule has 2 heterocycles. The van der Waals surface area contributed by atoms with Gasteiger partial charge in [0.15, 0.2) is 0 Å². The first-order valence-corrected chi connectivity index (χ1v) is 9.23. The molecule has 2 aliphatic rings. The largest absolute Gasteiger partial charge is 0.457 e. The van der Waals surface area contributed by atoms with Gasteiger partial charge in [0.05, 0.1) is 11.7 Å². The molecule has 1 fully saturated rings. The van der Waals surface area contributed by atoms with Crippen LogP contribution < -0.4 is 0 Å². The molecule has 4 rings (SSSR count). The molecule has 4 heteroatoms. The minimum atomic E-state index is -0.208. The van der Waals surface area contributed by atoms with E-state index in [0.29, 0.717) is 18.3 Å². The topological polar surface area (TPSA) is 38.8 Å². The number of benzene rings is 2. The van der Waals surface area contributed by atoms with Crippen molar-refractivity contribution in [2.75, 3.05) is 20.2 Å². The minimum Gasteiger partial charge on any atom is -0.457 e. The van der Waals surface area contributed by atoms with Gasteiger partial charge in [-0.3, -0.25) is 0 Å². The maximum absolute atomic E-state index is 12.0. The zero-order valence-corrected chi connectivity index (χ0v) is 14.8. The molecule has 0 N–H and O–H groups in total. The quantitative estimate of drug-likeness (QED) is 0.748. The van der Waals surface area contributed by atoms with E-state index < -0.39 is 0 Å². The van der Waals surface area contributed by atoms with Crippen LogP contribution in [-0.2, 0) is 22.6 Å². The predicted octanol–water partition coefficient (Wildman–Crippen LogP) is 3.90. The molecule has 132 valence electrons. The number of carbonyl (C=O) groups is 1. The minimum absolute atomic E-state index is 0.208. The van der Waals surface area contributed by atoms with Crippen LogP contribution in [0.15, 0.2) is 30.3 Å². The second-order valence-electron chi connectivity index (χ2n) is 7.20. The Labute approximate surface area is 148 Å². The number of rotatable bonds is 6. The van der Waals surface area contributed by atoms with E-state index in [1.807, 2.05) is 12.1 Å². The summed E-state index contributed by atoms with van der Waals surface area (Å²) in [5, 5.41) is 2.25. The molecule has 0 radical (unpaired) electrons. The van der Waals surface area contributed by atoms with Crippen LogP contribution in [-0.4, -0.2) is 37.2 Å². The molecule has 0 spiro atoms. The van der Waals surface area contributed by atoms with Crippen molar-refractivity contribution in [1.82, 2.24) is 4.90 Å². The molecule has 4 nitrogen and oxygen atoms in total. The smallest absolute Gasteiger partial charge is 0.339 e. The van der Waals surface area contributed by atoms with Gasteiger partial charge in [0.1, 0.15) is 6.61 Å². The molecule has 1 atom stereocenters. The fraction of sp³-hybridized carbons (Fsp3) is 0.476. The summed E-state index contributed by atoms with van der Waals surface area (Å²) in [7, 11) is 2.17. The van der Waals surface area contributed by atoms with E-state index in [2.05, 4.69) is 30.1 Å². The lowest BCUT2D eigenvalue weighted by Gasteiger charge is -2.22. The fourth-order valence-corrected chi connectivity index (χ4v) is 4.02. The molecular formula is C21H25NO3. The first kappa shape index (κ1) is 16.6. The van der Waals surface area contributed by atoms with Crippen molar-refractivity contribution >= 4 is 16.7 Å². The van der Waals surface area contributed by atoms with Crippen molar-refractivity contribution in [2.24, 2.45) is 0 Å². The van der Waals surface area contributed by atoms with E-state index in [4.69, 9.17) is 9.47 Å². The third kappa shape index (κ3) is 3.42. The van der Waals surface area contributed by atoms with Crippen LogP contribution in [0.4, 0.5) is 0 Å². The molecule has 2 aromatic carbocycles. The number of carbonyl (C=O) groups excluding carboxylic acids is 1. The van der Waals surface area contributed by atoms with Crippen molar-refractivity contribution in [1.29, 1.82) is 0 Å². The normalized spacial score (nSPS) is 19.6. The third-order valence-corrected chi connectivity index (χ3v) is 5.33. The number of hydrogen-bond acceptors (Lipinski definition) is 4. The van der Waals surface area contributed by atoms with Gasteiger partial charge in [-0.2, -0.15) is 0 Å². The predicted molar refractivity (Wildman–Crippen MR) is 97.6 cm³/mol. The van der Waals surface area contributed by atoms with Crippen LogP contribution in [0.2, 0.25) is 0 Å². The van der Waals surface area contributed by atoms with Gasteiger partial charge in [-0.1, -0.05) is 24.3 Å². The van der Waals surface area contributed by atoms with Crippen LogP contribution in [0.1, 0.15) is 47.2 Å². The average Bonchev–Trinajstić information content (AvgIpc) is 3.13. The van der Waals surface area contributed by atoms with Gasteiger partial charge in [-0.05, 0) is 61.9 Å². The second-order valence-corrected chi connectivity index (χ2v) is 7.20. The first-order valence-electron chi connectivity index (χ1n) is 9.23. The van der Waals surface area contributed by atoms with Gasteiger partial charge in [0.2, 0.25) is 0 Å². The standard InChI is InChI=1S/C21H25NO3/c1-22(11-3-5-17-6-4-12-24-17)13-15-9-10-16-14-25-21(23)19-8-2-7-18(15)20(16)19/h2,7-10,17H,3-6,11-14H2,1H3/t17-/m0/s1. The van der Waals surface area contributed by atoms with Crippen LogP contribution >= 0.6 is 0 Å². The molecule has 0 bridgehead atoms. The lowest BCUT2D eigenvalue weighted by atomic mass is 9.94. The Hall–Kier alpha value is -1.91. The van der Waals surface area contributed by atoms with Gasteiger partial charge in [0, 0.05) is 18.5 Å². The molecule has 0 amide bonds. The number of esters is 1. The summed E-state index contributed by atoms with van der Waals surface area (Å²) in [4.78, 5) is 14.4. The van der Waals surface area contributed by atoms with E-state index in [-0.39, 0.29) is 5.97 Å². The summed E-state index contributed by atoms with van der Waals surface area (Å²) in [6, 6.07) is 10.2. The van der Waals surface area contributed by atoms with Crippen LogP contribution in [0.3, 0.4) is 0 Å². The Balaban J connectivity index is 1.47. The van der Waals surface area contributed by atoms with E-state index >= 15 is 0 Å². The monoisotopic (exact) mass is 339 g/mol. The highest BCUT2D eigenvalue weighted by molar-refractivity contribution is 6.08. The van der Waals surface area contributed by atoms with E-state index in [0.717, 1.165) is 43.5 Å². The zero-order valence-electron chi connectivity index (χ0n) is 14.8. The first-order chi connectivity index (χ1) is 12.2. The maximum atomic E-state index is 12.0. The molecule has 25 heavy (non-hydrogen) atoms. The summed E-state index contributed by atoms with van der Waals surface area (Å²) in [5.74, 6) is -0.208. The second kappa shape index (κ2) is 7.14. The average molecular weight is 339 g/mol. The number of nitrogens with zero attached hydrogens (tertiary/aromatic N) is 1. The van der Waals surface area contributed by atoms with Crippen molar-refractivity contribution < 1.29 is 14.3 Å². The number of ether oxygens (including phenoxy) is 2. The molecule has 2 aromatic rings. The number of cyclic esters (lactones) is 1. The molecular weight excluding hydrogens is 314 g/mol.